The van der Waals surface area contributed by atoms with Gasteiger partial charge in [-0.25, -0.2) is 4.99 Å². The zero-order valence-electron chi connectivity index (χ0n) is 11.6. The Labute approximate surface area is 113 Å². The fraction of sp³-hybridized carbons (Fsp3) is 0.385. The monoisotopic (exact) mass is 258 g/mol. The van der Waals surface area contributed by atoms with Crippen molar-refractivity contribution in [3.05, 3.63) is 29.3 Å². The molecule has 100 valence electrons. The highest BCUT2D eigenvalue weighted by Gasteiger charge is 2.13. The third kappa shape index (κ3) is 3.61. The van der Waals surface area contributed by atoms with E-state index in [4.69, 9.17) is 0 Å². The first-order chi connectivity index (χ1) is 9.04. The number of azo groups is 1. The summed E-state index contributed by atoms with van der Waals surface area (Å²) in [6.07, 6.45) is 1.26. The van der Waals surface area contributed by atoms with E-state index in [0.29, 0.717) is 5.96 Å². The van der Waals surface area contributed by atoms with Gasteiger partial charge in [0.2, 0.25) is 6.29 Å². The fourth-order valence-electron chi connectivity index (χ4n) is 1.54. The molecule has 1 aliphatic heterocycles. The second kappa shape index (κ2) is 5.60. The summed E-state index contributed by atoms with van der Waals surface area (Å²) in [6.45, 7) is 4.16. The molecular weight excluding hydrogens is 240 g/mol. The zero-order valence-corrected chi connectivity index (χ0v) is 11.6. The van der Waals surface area contributed by atoms with E-state index in [0.717, 1.165) is 5.69 Å². The maximum atomic E-state index is 4.26. The Hall–Kier alpha value is -2.24. The smallest absolute Gasteiger partial charge is 0.269 e. The number of nitrogens with one attached hydrogen (secondary N) is 1. The summed E-state index contributed by atoms with van der Waals surface area (Å²) >= 11 is 0. The molecule has 0 amide bonds. The van der Waals surface area contributed by atoms with Crippen molar-refractivity contribution in [3.63, 3.8) is 0 Å². The number of rotatable bonds is 3. The first-order valence-corrected chi connectivity index (χ1v) is 6.07. The van der Waals surface area contributed by atoms with Crippen LogP contribution in [0.25, 0.3) is 0 Å². The lowest BCUT2D eigenvalue weighted by Crippen LogP contribution is -2.12. The molecule has 0 saturated heterocycles. The number of aryl methyl sites for hydroxylation is 2. The van der Waals surface area contributed by atoms with Crippen LogP contribution < -0.4 is 5.32 Å². The maximum Gasteiger partial charge on any atom is 0.269 e. The number of benzene rings is 1. The number of nitrogens with zero attached hydrogens (tertiary/aromatic N) is 5. The summed E-state index contributed by atoms with van der Waals surface area (Å²) < 4.78 is 0. The Morgan fingerprint density at radius 2 is 2.05 bits per heavy atom. The van der Waals surface area contributed by atoms with Gasteiger partial charge >= 0.3 is 0 Å². The molecule has 1 atom stereocenters. The molecule has 1 unspecified atom stereocenters. The highest BCUT2D eigenvalue weighted by molar-refractivity contribution is 5.88. The van der Waals surface area contributed by atoms with Gasteiger partial charge < -0.3 is 10.2 Å². The lowest BCUT2D eigenvalue weighted by Gasteiger charge is -2.09. The normalized spacial score (nSPS) is 17.9. The minimum Gasteiger partial charge on any atom is -0.369 e. The van der Waals surface area contributed by atoms with Crippen LogP contribution in [-0.2, 0) is 0 Å². The molecular formula is C13H18N6. The van der Waals surface area contributed by atoms with Gasteiger partial charge in [0, 0.05) is 19.8 Å². The van der Waals surface area contributed by atoms with Crippen LogP contribution in [0.5, 0.6) is 0 Å². The quantitative estimate of drug-likeness (QED) is 0.668. The number of anilines is 1. The molecule has 1 aromatic rings. The second-order valence-electron chi connectivity index (χ2n) is 4.67. The molecule has 0 bridgehead atoms. The molecule has 0 aliphatic carbocycles. The third-order valence-corrected chi connectivity index (χ3v) is 2.70. The van der Waals surface area contributed by atoms with Crippen molar-refractivity contribution < 1.29 is 0 Å². The van der Waals surface area contributed by atoms with Gasteiger partial charge in [-0.05, 0) is 37.1 Å². The van der Waals surface area contributed by atoms with Gasteiger partial charge in [0.05, 0.1) is 6.34 Å². The van der Waals surface area contributed by atoms with E-state index in [1.54, 1.807) is 6.34 Å². The Balaban J connectivity index is 2.02. The fourth-order valence-corrected chi connectivity index (χ4v) is 1.54. The Morgan fingerprint density at radius 3 is 2.74 bits per heavy atom. The number of hydrogen-bond donors (Lipinski definition) is 1. The van der Waals surface area contributed by atoms with E-state index in [-0.39, 0.29) is 0 Å². The van der Waals surface area contributed by atoms with Crippen LogP contribution >= 0.6 is 0 Å². The molecule has 0 fully saturated rings. The highest BCUT2D eigenvalue weighted by atomic mass is 15.4. The van der Waals surface area contributed by atoms with Gasteiger partial charge in [0.1, 0.15) is 0 Å². The van der Waals surface area contributed by atoms with E-state index < -0.39 is 6.29 Å². The van der Waals surface area contributed by atoms with Crippen molar-refractivity contribution in [2.45, 2.75) is 20.1 Å². The molecule has 0 radical (unpaired) electrons. The van der Waals surface area contributed by atoms with Gasteiger partial charge in [-0.3, -0.25) is 0 Å². The van der Waals surface area contributed by atoms with Crippen LogP contribution in [0.4, 0.5) is 5.69 Å². The largest absolute Gasteiger partial charge is 0.369 e. The zero-order chi connectivity index (χ0) is 13.8. The van der Waals surface area contributed by atoms with Gasteiger partial charge in [0.25, 0.3) is 5.96 Å². The van der Waals surface area contributed by atoms with Crippen molar-refractivity contribution in [2.75, 3.05) is 19.4 Å². The summed E-state index contributed by atoms with van der Waals surface area (Å²) in [5.41, 5.74) is 3.47. The van der Waals surface area contributed by atoms with Gasteiger partial charge in [-0.15, -0.1) is 10.2 Å². The lowest BCUT2D eigenvalue weighted by molar-refractivity contribution is 0.644. The Bertz CT molecular complexity index is 544. The van der Waals surface area contributed by atoms with Crippen LogP contribution in [-0.4, -0.2) is 37.6 Å². The number of aliphatic imine (C=N–C) groups is 2. The highest BCUT2D eigenvalue weighted by Crippen LogP contribution is 2.17. The summed E-state index contributed by atoms with van der Waals surface area (Å²) in [7, 11) is 3.78. The van der Waals surface area contributed by atoms with E-state index in [1.807, 2.05) is 25.1 Å². The van der Waals surface area contributed by atoms with Gasteiger partial charge in [-0.1, -0.05) is 6.07 Å². The molecule has 0 saturated carbocycles. The summed E-state index contributed by atoms with van der Waals surface area (Å²) in [5.74, 6) is 0.384. The molecule has 2 rings (SSSR count). The average molecular weight is 258 g/mol. The van der Waals surface area contributed by atoms with E-state index in [2.05, 4.69) is 51.5 Å². The average Bonchev–Trinajstić information content (AvgIpc) is 2.79. The van der Waals surface area contributed by atoms with Crippen LogP contribution in [0.1, 0.15) is 11.1 Å². The van der Waals surface area contributed by atoms with Crippen molar-refractivity contribution in [2.24, 2.45) is 20.2 Å². The van der Waals surface area contributed by atoms with Crippen molar-refractivity contribution >= 4 is 18.0 Å². The van der Waals surface area contributed by atoms with Crippen LogP contribution in [0.3, 0.4) is 0 Å². The van der Waals surface area contributed by atoms with Crippen molar-refractivity contribution in [1.29, 1.82) is 0 Å². The van der Waals surface area contributed by atoms with Crippen molar-refractivity contribution in [1.82, 2.24) is 4.90 Å². The summed E-state index contributed by atoms with van der Waals surface area (Å²) in [4.78, 5) is 10.2. The molecule has 1 aliphatic rings. The van der Waals surface area contributed by atoms with Crippen LogP contribution in [0, 0.1) is 13.8 Å². The predicted octanol–water partition coefficient (Wildman–Crippen LogP) is 2.41. The molecule has 1 aromatic carbocycles. The maximum absolute atomic E-state index is 4.26. The van der Waals surface area contributed by atoms with E-state index in [9.17, 15) is 0 Å². The first-order valence-electron chi connectivity index (χ1n) is 6.07. The minimum atomic E-state index is -0.392. The predicted molar refractivity (Wildman–Crippen MR) is 77.8 cm³/mol. The number of hydrogen-bond acceptors (Lipinski definition) is 5. The Morgan fingerprint density at radius 1 is 1.26 bits per heavy atom. The topological polar surface area (TPSA) is 64.7 Å². The van der Waals surface area contributed by atoms with E-state index in [1.165, 1.54) is 11.1 Å². The second-order valence-corrected chi connectivity index (χ2v) is 4.67. The molecule has 19 heavy (non-hydrogen) atoms. The SMILES string of the molecule is Cc1ccc(NC2N=NC(/N=C/N(C)C)=N2)cc1C. The summed E-state index contributed by atoms with van der Waals surface area (Å²) in [5, 5.41) is 11.1. The minimum absolute atomic E-state index is 0.384. The van der Waals surface area contributed by atoms with E-state index >= 15 is 0 Å². The van der Waals surface area contributed by atoms with Gasteiger partial charge in [0.15, 0.2) is 0 Å². The van der Waals surface area contributed by atoms with Crippen molar-refractivity contribution in [3.8, 4) is 0 Å². The lowest BCUT2D eigenvalue weighted by atomic mass is 10.1. The molecule has 6 nitrogen and oxygen atoms in total. The molecule has 0 spiro atoms. The standard InChI is InChI=1S/C13H18N6/c1-9-5-6-11(7-10(9)2)15-13-16-12(17-18-13)14-8-19(3)4/h5-8,13,15H,1-4H3/b14-8+. The van der Waals surface area contributed by atoms with Crippen LogP contribution in [0.2, 0.25) is 0 Å². The molecule has 1 heterocycles. The molecule has 1 N–H and O–H groups in total. The number of guanidine groups is 1. The third-order valence-electron chi connectivity index (χ3n) is 2.70. The first kappa shape index (κ1) is 13.2. The summed E-state index contributed by atoms with van der Waals surface area (Å²) in [6, 6.07) is 6.15. The Kier molecular flexibility index (Phi) is 3.89. The molecule has 6 heteroatoms. The molecule has 0 aromatic heterocycles. The van der Waals surface area contributed by atoms with Gasteiger partial charge in [-0.2, -0.15) is 4.99 Å². The van der Waals surface area contributed by atoms with Crippen LogP contribution in [0.15, 0.2) is 38.4 Å².